The average Bonchev–Trinajstić information content (AvgIpc) is 2.53. The minimum absolute atomic E-state index is 0.0531. The van der Waals surface area contributed by atoms with E-state index >= 15 is 0 Å². The van der Waals surface area contributed by atoms with Crippen LogP contribution < -0.4 is 10.1 Å². The molecule has 0 spiro atoms. The molecule has 0 aliphatic heterocycles. The fraction of sp³-hybridized carbons (Fsp3) is 0.381. The van der Waals surface area contributed by atoms with Crippen LogP contribution in [0.5, 0.6) is 5.75 Å². The van der Waals surface area contributed by atoms with Crippen LogP contribution >= 0.6 is 0 Å². The molecular weight excluding hydrogens is 298 g/mol. The van der Waals surface area contributed by atoms with Gasteiger partial charge in [-0.2, -0.15) is 0 Å². The van der Waals surface area contributed by atoms with Crippen molar-refractivity contribution < 1.29 is 9.53 Å². The van der Waals surface area contributed by atoms with Gasteiger partial charge in [-0.05, 0) is 81.5 Å². The van der Waals surface area contributed by atoms with E-state index in [0.717, 1.165) is 16.9 Å². The maximum Gasteiger partial charge on any atom is 0.261 e. The topological polar surface area (TPSA) is 38.3 Å². The van der Waals surface area contributed by atoms with Gasteiger partial charge in [-0.3, -0.25) is 4.79 Å². The van der Waals surface area contributed by atoms with Crippen LogP contribution in [0.25, 0.3) is 0 Å². The van der Waals surface area contributed by atoms with Crippen LogP contribution in [0.1, 0.15) is 47.7 Å². The van der Waals surface area contributed by atoms with Gasteiger partial charge in [0.1, 0.15) is 5.75 Å². The Hall–Kier alpha value is -2.29. The van der Waals surface area contributed by atoms with E-state index in [1.54, 1.807) is 6.92 Å². The van der Waals surface area contributed by atoms with Gasteiger partial charge in [0.05, 0.1) is 6.04 Å². The molecule has 0 fully saturated rings. The molecule has 0 saturated carbocycles. The van der Waals surface area contributed by atoms with Crippen LogP contribution in [0.3, 0.4) is 0 Å². The van der Waals surface area contributed by atoms with E-state index in [2.05, 4.69) is 44.3 Å². The van der Waals surface area contributed by atoms with Crippen molar-refractivity contribution in [2.45, 2.75) is 53.7 Å². The van der Waals surface area contributed by atoms with Crippen molar-refractivity contribution in [3.63, 3.8) is 0 Å². The van der Waals surface area contributed by atoms with Crippen molar-refractivity contribution in [1.29, 1.82) is 0 Å². The summed E-state index contributed by atoms with van der Waals surface area (Å²) < 4.78 is 5.78. The zero-order valence-electron chi connectivity index (χ0n) is 15.4. The van der Waals surface area contributed by atoms with Crippen molar-refractivity contribution >= 4 is 5.91 Å². The van der Waals surface area contributed by atoms with Gasteiger partial charge in [-0.1, -0.05) is 24.3 Å². The predicted molar refractivity (Wildman–Crippen MR) is 98.5 cm³/mol. The number of nitrogens with one attached hydrogen (secondary N) is 1. The highest BCUT2D eigenvalue weighted by Gasteiger charge is 2.18. The summed E-state index contributed by atoms with van der Waals surface area (Å²) >= 11 is 0. The minimum Gasteiger partial charge on any atom is -0.481 e. The summed E-state index contributed by atoms with van der Waals surface area (Å²) in [6.07, 6.45) is -0.541. The lowest BCUT2D eigenvalue weighted by Gasteiger charge is -2.20. The molecule has 0 aliphatic rings. The summed E-state index contributed by atoms with van der Waals surface area (Å²) in [5.41, 5.74) is 5.95. The van der Waals surface area contributed by atoms with Crippen LogP contribution in [0.2, 0.25) is 0 Å². The third kappa shape index (κ3) is 4.38. The number of ether oxygens (including phenoxy) is 1. The first-order valence-corrected chi connectivity index (χ1v) is 8.39. The molecule has 1 amide bonds. The first-order chi connectivity index (χ1) is 11.3. The fourth-order valence-electron chi connectivity index (χ4n) is 2.49. The molecular formula is C21H27NO2. The molecule has 0 saturated heterocycles. The highest BCUT2D eigenvalue weighted by Crippen LogP contribution is 2.19. The molecule has 2 aromatic rings. The van der Waals surface area contributed by atoms with Gasteiger partial charge in [-0.25, -0.2) is 0 Å². The summed E-state index contributed by atoms with van der Waals surface area (Å²) in [6, 6.07) is 12.1. The zero-order chi connectivity index (χ0) is 17.9. The first kappa shape index (κ1) is 18.1. The Balaban J connectivity index is 1.99. The molecule has 128 valence electrons. The maximum absolute atomic E-state index is 12.4. The lowest BCUT2D eigenvalue weighted by atomic mass is 10.0. The van der Waals surface area contributed by atoms with Crippen molar-refractivity contribution in [1.82, 2.24) is 5.32 Å². The normalized spacial score (nSPS) is 13.2. The van der Waals surface area contributed by atoms with Crippen LogP contribution in [0.15, 0.2) is 36.4 Å². The average molecular weight is 325 g/mol. The van der Waals surface area contributed by atoms with E-state index in [-0.39, 0.29) is 11.9 Å². The van der Waals surface area contributed by atoms with E-state index in [9.17, 15) is 4.79 Å². The van der Waals surface area contributed by atoms with E-state index in [1.807, 2.05) is 32.0 Å². The number of hydrogen-bond donors (Lipinski definition) is 1. The molecule has 0 unspecified atom stereocenters. The van der Waals surface area contributed by atoms with Crippen LogP contribution in [0, 0.1) is 27.7 Å². The van der Waals surface area contributed by atoms with Crippen molar-refractivity contribution in [2.24, 2.45) is 0 Å². The second-order valence-corrected chi connectivity index (χ2v) is 6.58. The number of amides is 1. The van der Waals surface area contributed by atoms with E-state index in [0.29, 0.717) is 0 Å². The molecule has 2 rings (SSSR count). The Kier molecular flexibility index (Phi) is 5.66. The third-order valence-electron chi connectivity index (χ3n) is 4.55. The Morgan fingerprint density at radius 3 is 2.04 bits per heavy atom. The molecule has 3 nitrogen and oxygen atoms in total. The van der Waals surface area contributed by atoms with E-state index in [4.69, 9.17) is 4.74 Å². The van der Waals surface area contributed by atoms with Gasteiger partial charge < -0.3 is 10.1 Å². The van der Waals surface area contributed by atoms with Gasteiger partial charge in [0.2, 0.25) is 0 Å². The molecule has 2 aromatic carbocycles. The number of carbonyl (C=O) groups is 1. The molecule has 2 atom stereocenters. The Labute approximate surface area is 145 Å². The highest BCUT2D eigenvalue weighted by atomic mass is 16.5. The van der Waals surface area contributed by atoms with Gasteiger partial charge in [0.15, 0.2) is 6.10 Å². The predicted octanol–water partition coefficient (Wildman–Crippen LogP) is 4.56. The molecule has 0 aromatic heterocycles. The van der Waals surface area contributed by atoms with E-state index in [1.165, 1.54) is 16.7 Å². The summed E-state index contributed by atoms with van der Waals surface area (Å²) in [5.74, 6) is 0.610. The minimum atomic E-state index is -0.541. The van der Waals surface area contributed by atoms with Gasteiger partial charge in [-0.15, -0.1) is 0 Å². The highest BCUT2D eigenvalue weighted by molar-refractivity contribution is 5.81. The molecule has 0 radical (unpaired) electrons. The number of carbonyl (C=O) groups excluding carboxylic acids is 1. The van der Waals surface area contributed by atoms with Gasteiger partial charge >= 0.3 is 0 Å². The van der Waals surface area contributed by atoms with Crippen molar-refractivity contribution in [2.75, 3.05) is 0 Å². The SMILES string of the molecule is Cc1ccc(O[C@H](C)C(=O)N[C@H](C)c2ccc(C)c(C)c2)cc1C. The standard InChI is InChI=1S/C21H27NO2/c1-13-7-9-19(11-15(13)3)17(5)22-21(23)18(6)24-20-10-8-14(2)16(4)12-20/h7-12,17-18H,1-6H3,(H,22,23)/t17-,18-/m1/s1. The molecule has 0 heterocycles. The second-order valence-electron chi connectivity index (χ2n) is 6.58. The number of rotatable bonds is 5. The van der Waals surface area contributed by atoms with Crippen molar-refractivity contribution in [3.8, 4) is 5.75 Å². The molecule has 24 heavy (non-hydrogen) atoms. The van der Waals surface area contributed by atoms with Gasteiger partial charge in [0, 0.05) is 0 Å². The van der Waals surface area contributed by atoms with Crippen LogP contribution in [-0.2, 0) is 4.79 Å². The summed E-state index contributed by atoms with van der Waals surface area (Å²) in [4.78, 5) is 12.4. The number of benzene rings is 2. The fourth-order valence-corrected chi connectivity index (χ4v) is 2.49. The number of aryl methyl sites for hydroxylation is 4. The largest absolute Gasteiger partial charge is 0.481 e. The third-order valence-corrected chi connectivity index (χ3v) is 4.55. The number of hydrogen-bond acceptors (Lipinski definition) is 2. The maximum atomic E-state index is 12.4. The smallest absolute Gasteiger partial charge is 0.261 e. The van der Waals surface area contributed by atoms with Gasteiger partial charge in [0.25, 0.3) is 5.91 Å². The van der Waals surface area contributed by atoms with Crippen molar-refractivity contribution in [3.05, 3.63) is 64.2 Å². The monoisotopic (exact) mass is 325 g/mol. The quantitative estimate of drug-likeness (QED) is 0.875. The first-order valence-electron chi connectivity index (χ1n) is 8.39. The molecule has 0 bridgehead atoms. The Morgan fingerprint density at radius 1 is 0.875 bits per heavy atom. The van der Waals surface area contributed by atoms with Crippen LogP contribution in [0.4, 0.5) is 0 Å². The summed E-state index contributed by atoms with van der Waals surface area (Å²) in [5, 5.41) is 3.02. The molecule has 3 heteroatoms. The van der Waals surface area contributed by atoms with E-state index < -0.39 is 6.10 Å². The second kappa shape index (κ2) is 7.52. The Morgan fingerprint density at radius 2 is 1.46 bits per heavy atom. The lowest BCUT2D eigenvalue weighted by Crippen LogP contribution is -2.37. The molecule has 0 aliphatic carbocycles. The Bertz CT molecular complexity index is 737. The summed E-state index contributed by atoms with van der Waals surface area (Å²) in [6.45, 7) is 12.0. The molecule has 1 N–H and O–H groups in total. The lowest BCUT2D eigenvalue weighted by molar-refractivity contribution is -0.127. The van der Waals surface area contributed by atoms with Crippen LogP contribution in [-0.4, -0.2) is 12.0 Å². The summed E-state index contributed by atoms with van der Waals surface area (Å²) in [7, 11) is 0. The zero-order valence-corrected chi connectivity index (χ0v) is 15.4.